The molecule has 0 spiro atoms. The van der Waals surface area contributed by atoms with E-state index >= 15 is 0 Å². The highest BCUT2D eigenvalue weighted by molar-refractivity contribution is 7.99. The number of thiazole rings is 1. The third kappa shape index (κ3) is 5.56. The van der Waals surface area contributed by atoms with E-state index in [2.05, 4.69) is 20.5 Å². The van der Waals surface area contributed by atoms with E-state index in [0.29, 0.717) is 18.8 Å². The summed E-state index contributed by atoms with van der Waals surface area (Å²) in [4.78, 5) is 18.8. The highest BCUT2D eigenvalue weighted by atomic mass is 32.2. The lowest BCUT2D eigenvalue weighted by Gasteiger charge is -2.14. The Morgan fingerprint density at radius 1 is 1.23 bits per heavy atom. The molecule has 1 aromatic carbocycles. The average molecular weight is 459 g/mol. The normalized spacial score (nSPS) is 13.5. The molecule has 1 aliphatic heterocycles. The molecule has 0 saturated carbocycles. The minimum absolute atomic E-state index is 0.177. The van der Waals surface area contributed by atoms with Crippen LogP contribution in [0.1, 0.15) is 31.3 Å². The molecule has 2 aromatic heterocycles. The average Bonchev–Trinajstić information content (AvgIpc) is 3.52. The van der Waals surface area contributed by atoms with Crippen LogP contribution in [0.3, 0.4) is 0 Å². The number of nitrogens with zero attached hydrogens (tertiary/aromatic N) is 5. The van der Waals surface area contributed by atoms with Crippen LogP contribution in [0.15, 0.2) is 34.8 Å². The molecule has 164 valence electrons. The highest BCUT2D eigenvalue weighted by Gasteiger charge is 2.19. The summed E-state index contributed by atoms with van der Waals surface area (Å²) in [6.45, 7) is 4.37. The monoisotopic (exact) mass is 458 g/mol. The Balaban J connectivity index is 1.32. The summed E-state index contributed by atoms with van der Waals surface area (Å²) in [5, 5.41) is 15.5. The van der Waals surface area contributed by atoms with Crippen LogP contribution in [0.4, 0.5) is 10.8 Å². The zero-order valence-corrected chi connectivity index (χ0v) is 19.3. The molecule has 1 N–H and O–H groups in total. The molecule has 10 heteroatoms. The fourth-order valence-corrected chi connectivity index (χ4v) is 4.90. The number of thioether (sulfide) groups is 1. The molecule has 8 nitrogen and oxygen atoms in total. The lowest BCUT2D eigenvalue weighted by molar-refractivity contribution is -0.127. The molecule has 0 radical (unpaired) electrons. The molecule has 0 unspecified atom stereocenters. The van der Waals surface area contributed by atoms with Gasteiger partial charge in [0.05, 0.1) is 24.5 Å². The van der Waals surface area contributed by atoms with Crippen molar-refractivity contribution >= 4 is 39.8 Å². The van der Waals surface area contributed by atoms with Crippen molar-refractivity contribution in [3.05, 3.63) is 41.2 Å². The van der Waals surface area contributed by atoms with Gasteiger partial charge in [-0.2, -0.15) is 0 Å². The number of ether oxygens (including phenoxy) is 1. The third-order valence-corrected chi connectivity index (χ3v) is 6.83. The second-order valence-corrected chi connectivity index (χ2v) is 9.04. The summed E-state index contributed by atoms with van der Waals surface area (Å²) >= 11 is 3.00. The number of carbonyl (C=O) groups excluding carboxylic acids is 1. The molecule has 1 aliphatic rings. The zero-order valence-electron chi connectivity index (χ0n) is 17.7. The first kappa shape index (κ1) is 21.6. The fraction of sp³-hybridized carbons (Fsp3) is 0.429. The van der Waals surface area contributed by atoms with Crippen LogP contribution < -0.4 is 10.1 Å². The first-order chi connectivity index (χ1) is 15.1. The van der Waals surface area contributed by atoms with E-state index in [1.807, 2.05) is 53.1 Å². The standard InChI is InChI=1S/C21H26N6O2S2/c1-3-29-17-8-6-15(7-9-17)22-20-23-16(13-30-20)12-18-24-25-21(26(18)2)31-14-19(28)27-10-4-5-11-27/h6-9,13H,3-5,10-12,14H2,1-2H3,(H,22,23). The molecule has 1 saturated heterocycles. The van der Waals surface area contributed by atoms with Crippen molar-refractivity contribution in [2.24, 2.45) is 7.05 Å². The zero-order chi connectivity index (χ0) is 21.6. The number of likely N-dealkylation sites (tertiary alicyclic amines) is 1. The maximum atomic E-state index is 12.3. The molecule has 4 rings (SSSR count). The molecule has 31 heavy (non-hydrogen) atoms. The Labute approximate surface area is 190 Å². The first-order valence-electron chi connectivity index (χ1n) is 10.4. The number of nitrogens with one attached hydrogen (secondary N) is 1. The van der Waals surface area contributed by atoms with Gasteiger partial charge >= 0.3 is 0 Å². The Hall–Kier alpha value is -2.59. The quantitative estimate of drug-likeness (QED) is 0.489. The molecule has 3 heterocycles. The fourth-order valence-electron chi connectivity index (χ4n) is 3.34. The van der Waals surface area contributed by atoms with Crippen LogP contribution in [-0.4, -0.2) is 56.0 Å². The van der Waals surface area contributed by atoms with Gasteiger partial charge < -0.3 is 19.5 Å². The van der Waals surface area contributed by atoms with E-state index in [-0.39, 0.29) is 5.91 Å². The summed E-state index contributed by atoms with van der Waals surface area (Å²) in [5.74, 6) is 2.26. The van der Waals surface area contributed by atoms with Crippen molar-refractivity contribution in [3.63, 3.8) is 0 Å². The van der Waals surface area contributed by atoms with Gasteiger partial charge in [0.25, 0.3) is 0 Å². The van der Waals surface area contributed by atoms with Gasteiger partial charge in [-0.3, -0.25) is 4.79 Å². The predicted octanol–water partition coefficient (Wildman–Crippen LogP) is 3.72. The maximum absolute atomic E-state index is 12.3. The molecular formula is C21H26N6O2S2. The Kier molecular flexibility index (Phi) is 7.08. The van der Waals surface area contributed by atoms with Gasteiger partial charge in [-0.1, -0.05) is 11.8 Å². The van der Waals surface area contributed by atoms with Crippen molar-refractivity contribution in [2.75, 3.05) is 30.8 Å². The number of hydrogen-bond donors (Lipinski definition) is 1. The third-order valence-electron chi connectivity index (χ3n) is 5.02. The van der Waals surface area contributed by atoms with Gasteiger partial charge in [0, 0.05) is 31.2 Å². The number of anilines is 2. The summed E-state index contributed by atoms with van der Waals surface area (Å²) < 4.78 is 7.42. The van der Waals surface area contributed by atoms with E-state index in [4.69, 9.17) is 4.74 Å². The van der Waals surface area contributed by atoms with Crippen molar-refractivity contribution in [1.29, 1.82) is 0 Å². The number of hydrogen-bond acceptors (Lipinski definition) is 8. The number of carbonyl (C=O) groups is 1. The first-order valence-corrected chi connectivity index (χ1v) is 12.2. The van der Waals surface area contributed by atoms with Crippen LogP contribution in [0.25, 0.3) is 0 Å². The molecule has 0 bridgehead atoms. The maximum Gasteiger partial charge on any atom is 0.233 e. The van der Waals surface area contributed by atoms with Crippen molar-refractivity contribution < 1.29 is 9.53 Å². The molecular weight excluding hydrogens is 432 g/mol. The Morgan fingerprint density at radius 3 is 2.74 bits per heavy atom. The summed E-state index contributed by atoms with van der Waals surface area (Å²) in [7, 11) is 1.93. The second kappa shape index (κ2) is 10.1. The number of amides is 1. The van der Waals surface area contributed by atoms with Gasteiger partial charge in [0.15, 0.2) is 10.3 Å². The molecule has 3 aromatic rings. The molecule has 0 atom stereocenters. The molecule has 0 aliphatic carbocycles. The topological polar surface area (TPSA) is 85.2 Å². The Morgan fingerprint density at radius 2 is 2.00 bits per heavy atom. The minimum atomic E-state index is 0.177. The predicted molar refractivity (Wildman–Crippen MR) is 123 cm³/mol. The van der Waals surface area contributed by atoms with Crippen molar-refractivity contribution in [2.45, 2.75) is 31.3 Å². The van der Waals surface area contributed by atoms with Crippen LogP contribution in [0.5, 0.6) is 5.75 Å². The SMILES string of the molecule is CCOc1ccc(Nc2nc(Cc3nnc(SCC(=O)N4CCCC4)n3C)cs2)cc1. The van der Waals surface area contributed by atoms with E-state index in [9.17, 15) is 4.79 Å². The second-order valence-electron chi connectivity index (χ2n) is 7.24. The number of aromatic nitrogens is 4. The Bertz CT molecular complexity index is 1010. The van der Waals surface area contributed by atoms with Crippen LogP contribution >= 0.6 is 23.1 Å². The van der Waals surface area contributed by atoms with Gasteiger partial charge in [0.1, 0.15) is 11.6 Å². The summed E-state index contributed by atoms with van der Waals surface area (Å²) in [6, 6.07) is 7.82. The van der Waals surface area contributed by atoms with Crippen molar-refractivity contribution in [1.82, 2.24) is 24.6 Å². The largest absolute Gasteiger partial charge is 0.494 e. The highest BCUT2D eigenvalue weighted by Crippen LogP contribution is 2.25. The lowest BCUT2D eigenvalue weighted by atomic mass is 10.3. The van der Waals surface area contributed by atoms with E-state index in [1.54, 1.807) is 11.3 Å². The molecule has 1 fully saturated rings. The van der Waals surface area contributed by atoms with E-state index < -0.39 is 0 Å². The smallest absolute Gasteiger partial charge is 0.233 e. The number of rotatable bonds is 9. The van der Waals surface area contributed by atoms with Gasteiger partial charge in [-0.25, -0.2) is 4.98 Å². The van der Waals surface area contributed by atoms with Crippen LogP contribution in [-0.2, 0) is 18.3 Å². The van der Waals surface area contributed by atoms with Gasteiger partial charge in [-0.15, -0.1) is 21.5 Å². The summed E-state index contributed by atoms with van der Waals surface area (Å²) in [5.41, 5.74) is 1.89. The van der Waals surface area contributed by atoms with E-state index in [1.165, 1.54) is 11.8 Å². The number of benzene rings is 1. The lowest BCUT2D eigenvalue weighted by Crippen LogP contribution is -2.29. The summed E-state index contributed by atoms with van der Waals surface area (Å²) in [6.07, 6.45) is 2.80. The van der Waals surface area contributed by atoms with Gasteiger partial charge in [0.2, 0.25) is 5.91 Å². The molecule has 1 amide bonds. The minimum Gasteiger partial charge on any atom is -0.494 e. The van der Waals surface area contributed by atoms with Gasteiger partial charge in [-0.05, 0) is 44.0 Å². The van der Waals surface area contributed by atoms with Crippen molar-refractivity contribution in [3.8, 4) is 5.75 Å². The van der Waals surface area contributed by atoms with Crippen LogP contribution in [0, 0.1) is 0 Å². The van der Waals surface area contributed by atoms with Crippen LogP contribution in [0.2, 0.25) is 0 Å². The van der Waals surface area contributed by atoms with E-state index in [0.717, 1.165) is 59.2 Å².